The highest BCUT2D eigenvalue weighted by atomic mass is 127. The molecule has 2 rings (SSSR count). The Bertz CT molecular complexity index is 439. The third kappa shape index (κ3) is 3.76. The summed E-state index contributed by atoms with van der Waals surface area (Å²) in [5.74, 6) is 0. The Labute approximate surface area is 120 Å². The molecule has 0 radical (unpaired) electrons. The van der Waals surface area contributed by atoms with Gasteiger partial charge in [-0.3, -0.25) is 0 Å². The molecule has 2 nitrogen and oxygen atoms in total. The number of benzene rings is 1. The maximum absolute atomic E-state index is 4.40. The Balaban J connectivity index is 2.10. The lowest BCUT2D eigenvalue weighted by Gasteiger charge is -2.15. The van der Waals surface area contributed by atoms with E-state index >= 15 is 0 Å². The smallest absolute Gasteiger partial charge is 0.0795 e. The molecule has 1 N–H and O–H groups in total. The summed E-state index contributed by atoms with van der Waals surface area (Å²) in [7, 11) is 0. The fraction of sp³-hybridized carbons (Fsp3) is 0.308. The lowest BCUT2D eigenvalue weighted by atomic mass is 10.0. The van der Waals surface area contributed by atoms with Gasteiger partial charge in [0.05, 0.1) is 17.2 Å². The van der Waals surface area contributed by atoms with E-state index in [2.05, 4.69) is 69.5 Å². The molecule has 0 aliphatic carbocycles. The highest BCUT2D eigenvalue weighted by molar-refractivity contribution is 14.1. The molecule has 1 unspecified atom stereocenters. The van der Waals surface area contributed by atoms with Crippen LogP contribution in [0, 0.1) is 3.57 Å². The number of thiazole rings is 1. The topological polar surface area (TPSA) is 24.9 Å². The van der Waals surface area contributed by atoms with Gasteiger partial charge in [-0.15, -0.1) is 11.3 Å². The van der Waals surface area contributed by atoms with E-state index in [1.54, 1.807) is 11.3 Å². The fourth-order valence-corrected chi connectivity index (χ4v) is 2.75. The first kappa shape index (κ1) is 13.0. The molecule has 0 bridgehead atoms. The van der Waals surface area contributed by atoms with Gasteiger partial charge in [-0.25, -0.2) is 4.98 Å². The number of rotatable bonds is 5. The molecule has 4 heteroatoms. The van der Waals surface area contributed by atoms with Gasteiger partial charge < -0.3 is 5.32 Å². The van der Waals surface area contributed by atoms with E-state index in [0.29, 0.717) is 6.04 Å². The molecule has 0 saturated carbocycles. The SMILES string of the molecule is CCNC(Cc1ccc(I)cc1)c1cscn1. The number of halogens is 1. The second kappa shape index (κ2) is 6.47. The zero-order chi connectivity index (χ0) is 12.1. The Morgan fingerprint density at radius 3 is 2.71 bits per heavy atom. The number of hydrogen-bond donors (Lipinski definition) is 1. The van der Waals surface area contributed by atoms with E-state index in [1.807, 2.05) is 5.51 Å². The van der Waals surface area contributed by atoms with Gasteiger partial charge in [0.25, 0.3) is 0 Å². The van der Waals surface area contributed by atoms with Gasteiger partial charge in [-0.1, -0.05) is 19.1 Å². The monoisotopic (exact) mass is 358 g/mol. The highest BCUT2D eigenvalue weighted by Crippen LogP contribution is 2.19. The van der Waals surface area contributed by atoms with Crippen LogP contribution >= 0.6 is 33.9 Å². The zero-order valence-corrected chi connectivity index (χ0v) is 12.7. The lowest BCUT2D eigenvalue weighted by molar-refractivity contribution is 0.539. The molecule has 0 spiro atoms. The van der Waals surface area contributed by atoms with Crippen LogP contribution in [0.15, 0.2) is 35.2 Å². The molecule has 0 amide bonds. The highest BCUT2D eigenvalue weighted by Gasteiger charge is 2.12. The van der Waals surface area contributed by atoms with Crippen molar-refractivity contribution < 1.29 is 0 Å². The molecule has 0 aliphatic heterocycles. The summed E-state index contributed by atoms with van der Waals surface area (Å²) < 4.78 is 1.28. The molecule has 0 fully saturated rings. The average molecular weight is 358 g/mol. The Kier molecular flexibility index (Phi) is 4.94. The van der Waals surface area contributed by atoms with Crippen LogP contribution in [0.1, 0.15) is 24.2 Å². The van der Waals surface area contributed by atoms with E-state index < -0.39 is 0 Å². The first-order valence-electron chi connectivity index (χ1n) is 5.65. The van der Waals surface area contributed by atoms with E-state index in [1.165, 1.54) is 9.13 Å². The van der Waals surface area contributed by atoms with Crippen molar-refractivity contribution in [2.75, 3.05) is 6.54 Å². The van der Waals surface area contributed by atoms with Crippen molar-refractivity contribution in [2.24, 2.45) is 0 Å². The zero-order valence-electron chi connectivity index (χ0n) is 9.69. The summed E-state index contributed by atoms with van der Waals surface area (Å²) in [5.41, 5.74) is 4.40. The fourth-order valence-electron chi connectivity index (χ4n) is 1.78. The van der Waals surface area contributed by atoms with Crippen LogP contribution in [0.3, 0.4) is 0 Å². The Hall–Kier alpha value is -0.460. The summed E-state index contributed by atoms with van der Waals surface area (Å²) in [4.78, 5) is 4.40. The minimum absolute atomic E-state index is 0.325. The van der Waals surface area contributed by atoms with E-state index in [0.717, 1.165) is 18.7 Å². The van der Waals surface area contributed by atoms with Crippen molar-refractivity contribution in [1.29, 1.82) is 0 Å². The molecule has 90 valence electrons. The van der Waals surface area contributed by atoms with Crippen LogP contribution in [0.25, 0.3) is 0 Å². The van der Waals surface area contributed by atoms with Crippen molar-refractivity contribution in [1.82, 2.24) is 10.3 Å². The molecular weight excluding hydrogens is 343 g/mol. The number of hydrogen-bond acceptors (Lipinski definition) is 3. The number of aromatic nitrogens is 1. The van der Waals surface area contributed by atoms with Crippen LogP contribution in [-0.2, 0) is 6.42 Å². The third-order valence-corrected chi connectivity index (χ3v) is 3.94. The summed E-state index contributed by atoms with van der Waals surface area (Å²) in [6.45, 7) is 3.10. The number of likely N-dealkylation sites (N-methyl/N-ethyl adjacent to an activating group) is 1. The predicted molar refractivity (Wildman–Crippen MR) is 81.4 cm³/mol. The normalized spacial score (nSPS) is 12.6. The van der Waals surface area contributed by atoms with Crippen molar-refractivity contribution in [3.8, 4) is 0 Å². The van der Waals surface area contributed by atoms with E-state index in [9.17, 15) is 0 Å². The average Bonchev–Trinajstić information content (AvgIpc) is 2.85. The first-order chi connectivity index (χ1) is 8.29. The van der Waals surface area contributed by atoms with Crippen LogP contribution in [0.5, 0.6) is 0 Å². The summed E-state index contributed by atoms with van der Waals surface area (Å²) in [5, 5.41) is 5.62. The second-order valence-corrected chi connectivity index (χ2v) is 5.82. The molecule has 1 heterocycles. The lowest BCUT2D eigenvalue weighted by Crippen LogP contribution is -2.23. The van der Waals surface area contributed by atoms with Crippen molar-refractivity contribution in [2.45, 2.75) is 19.4 Å². The molecule has 1 aromatic heterocycles. The molecular formula is C13H15IN2S. The van der Waals surface area contributed by atoms with E-state index in [-0.39, 0.29) is 0 Å². The van der Waals surface area contributed by atoms with Gasteiger partial charge >= 0.3 is 0 Å². The van der Waals surface area contributed by atoms with Crippen LogP contribution in [0.2, 0.25) is 0 Å². The van der Waals surface area contributed by atoms with E-state index in [4.69, 9.17) is 0 Å². The molecule has 0 aliphatic rings. The molecule has 1 atom stereocenters. The summed E-state index contributed by atoms with van der Waals surface area (Å²) in [6.07, 6.45) is 0.995. The quantitative estimate of drug-likeness (QED) is 0.826. The van der Waals surface area contributed by atoms with Gasteiger partial charge in [0, 0.05) is 8.95 Å². The second-order valence-electron chi connectivity index (χ2n) is 3.85. The largest absolute Gasteiger partial charge is 0.309 e. The van der Waals surface area contributed by atoms with Gasteiger partial charge in [-0.05, 0) is 53.3 Å². The van der Waals surface area contributed by atoms with Gasteiger partial charge in [0.15, 0.2) is 0 Å². The predicted octanol–water partition coefficient (Wildman–Crippen LogP) is 3.64. The minimum atomic E-state index is 0.325. The van der Waals surface area contributed by atoms with Crippen molar-refractivity contribution in [3.05, 3.63) is 50.0 Å². The van der Waals surface area contributed by atoms with Crippen LogP contribution < -0.4 is 5.32 Å². The standard InChI is InChI=1S/C13H15IN2S/c1-2-15-12(13-8-17-9-16-13)7-10-3-5-11(14)6-4-10/h3-6,8-9,12,15H,2,7H2,1H3. The van der Waals surface area contributed by atoms with Gasteiger partial charge in [0.2, 0.25) is 0 Å². The van der Waals surface area contributed by atoms with Crippen LogP contribution in [-0.4, -0.2) is 11.5 Å². The number of nitrogens with one attached hydrogen (secondary N) is 1. The molecule has 1 aromatic carbocycles. The third-order valence-electron chi connectivity index (χ3n) is 2.61. The van der Waals surface area contributed by atoms with Crippen molar-refractivity contribution in [3.63, 3.8) is 0 Å². The molecule has 17 heavy (non-hydrogen) atoms. The Morgan fingerprint density at radius 1 is 1.35 bits per heavy atom. The van der Waals surface area contributed by atoms with Crippen molar-refractivity contribution >= 4 is 33.9 Å². The van der Waals surface area contributed by atoms with Gasteiger partial charge in [-0.2, -0.15) is 0 Å². The van der Waals surface area contributed by atoms with Crippen LogP contribution in [0.4, 0.5) is 0 Å². The maximum Gasteiger partial charge on any atom is 0.0795 e. The van der Waals surface area contributed by atoms with Gasteiger partial charge in [0.1, 0.15) is 0 Å². The Morgan fingerprint density at radius 2 is 2.12 bits per heavy atom. The molecule has 2 aromatic rings. The summed E-state index contributed by atoms with van der Waals surface area (Å²) >= 11 is 3.99. The summed E-state index contributed by atoms with van der Waals surface area (Å²) in [6, 6.07) is 9.02. The molecule has 0 saturated heterocycles. The minimum Gasteiger partial charge on any atom is -0.309 e. The first-order valence-corrected chi connectivity index (χ1v) is 7.67. The number of nitrogens with zero attached hydrogens (tertiary/aromatic N) is 1. The maximum atomic E-state index is 4.40.